The lowest BCUT2D eigenvalue weighted by molar-refractivity contribution is 0.0704. The van der Waals surface area contributed by atoms with E-state index in [0.29, 0.717) is 36.0 Å². The Hall–Kier alpha value is -3.42. The monoisotopic (exact) mass is 393 g/mol. The van der Waals surface area contributed by atoms with Crippen molar-refractivity contribution in [1.82, 2.24) is 24.6 Å². The first-order valence-electron chi connectivity index (χ1n) is 9.55. The van der Waals surface area contributed by atoms with Crippen LogP contribution in [0.25, 0.3) is 0 Å². The molecule has 8 heteroatoms. The number of amides is 1. The Bertz CT molecular complexity index is 1000. The van der Waals surface area contributed by atoms with Gasteiger partial charge in [0.25, 0.3) is 5.91 Å². The van der Waals surface area contributed by atoms with Crippen molar-refractivity contribution in [2.75, 3.05) is 20.2 Å². The quantitative estimate of drug-likeness (QED) is 0.663. The second-order valence-corrected chi connectivity index (χ2v) is 6.99. The van der Waals surface area contributed by atoms with Crippen LogP contribution in [0.1, 0.15) is 34.8 Å². The maximum atomic E-state index is 12.8. The molecule has 1 aliphatic rings. The molecule has 0 saturated carbocycles. The third kappa shape index (κ3) is 4.06. The molecule has 1 atom stereocenters. The van der Waals surface area contributed by atoms with Gasteiger partial charge in [-0.2, -0.15) is 5.10 Å². The lowest BCUT2D eigenvalue weighted by Crippen LogP contribution is -2.39. The molecule has 0 unspecified atom stereocenters. The summed E-state index contributed by atoms with van der Waals surface area (Å²) in [7, 11) is 3.40. The van der Waals surface area contributed by atoms with Gasteiger partial charge in [-0.15, -0.1) is 0 Å². The van der Waals surface area contributed by atoms with Crippen molar-refractivity contribution >= 4 is 5.91 Å². The summed E-state index contributed by atoms with van der Waals surface area (Å²) < 4.78 is 13.1. The Morgan fingerprint density at radius 1 is 1.17 bits per heavy atom. The van der Waals surface area contributed by atoms with Crippen molar-refractivity contribution in [2.45, 2.75) is 18.8 Å². The van der Waals surface area contributed by atoms with Crippen molar-refractivity contribution in [1.29, 1.82) is 0 Å². The van der Waals surface area contributed by atoms with Crippen LogP contribution in [0.15, 0.2) is 49.1 Å². The van der Waals surface area contributed by atoms with Gasteiger partial charge in [0.05, 0.1) is 18.9 Å². The van der Waals surface area contributed by atoms with E-state index in [1.807, 2.05) is 29.2 Å². The number of hydrogen-bond donors (Lipinski definition) is 0. The van der Waals surface area contributed by atoms with Crippen molar-refractivity contribution < 1.29 is 14.3 Å². The summed E-state index contributed by atoms with van der Waals surface area (Å²) in [4.78, 5) is 23.6. The fourth-order valence-corrected chi connectivity index (χ4v) is 3.60. The summed E-state index contributed by atoms with van der Waals surface area (Å²) >= 11 is 0. The summed E-state index contributed by atoms with van der Waals surface area (Å²) in [5.74, 6) is 1.68. The second-order valence-electron chi connectivity index (χ2n) is 6.99. The molecule has 0 spiro atoms. The third-order valence-electron chi connectivity index (χ3n) is 5.01. The van der Waals surface area contributed by atoms with Crippen LogP contribution >= 0.6 is 0 Å². The molecule has 3 aromatic rings. The van der Waals surface area contributed by atoms with Crippen LogP contribution in [0.5, 0.6) is 17.4 Å². The topological polar surface area (TPSA) is 82.4 Å². The zero-order valence-corrected chi connectivity index (χ0v) is 16.5. The zero-order chi connectivity index (χ0) is 20.2. The number of hydrogen-bond acceptors (Lipinski definition) is 6. The first-order chi connectivity index (χ1) is 14.2. The van der Waals surface area contributed by atoms with Crippen molar-refractivity contribution in [2.24, 2.45) is 7.05 Å². The average Bonchev–Trinajstić information content (AvgIpc) is 3.20. The number of carbonyl (C=O) groups is 1. The lowest BCUT2D eigenvalue weighted by Gasteiger charge is -2.32. The van der Waals surface area contributed by atoms with Gasteiger partial charge in [-0.1, -0.05) is 12.1 Å². The molecule has 2 aromatic heterocycles. The first-order valence-corrected chi connectivity index (χ1v) is 9.55. The molecule has 1 amide bonds. The van der Waals surface area contributed by atoms with Crippen LogP contribution in [0.3, 0.4) is 0 Å². The van der Waals surface area contributed by atoms with E-state index in [2.05, 4.69) is 15.1 Å². The van der Waals surface area contributed by atoms with Gasteiger partial charge < -0.3 is 14.4 Å². The zero-order valence-electron chi connectivity index (χ0n) is 16.5. The standard InChI is InChI=1S/C21H23N5O3/c1-25-13-16(12-24-25)21(27)26-11-5-6-15(14-26)19-20(23-10-9-22-19)29-18-8-4-3-7-17(18)28-2/h3-4,7-10,12-13,15H,5-6,11,14H2,1-2H3/t15-/m0/s1. The molecular formula is C21H23N5O3. The lowest BCUT2D eigenvalue weighted by atomic mass is 9.94. The molecule has 1 aromatic carbocycles. The fraction of sp³-hybridized carbons (Fsp3) is 0.333. The van der Waals surface area contributed by atoms with E-state index >= 15 is 0 Å². The number of likely N-dealkylation sites (tertiary alicyclic amines) is 1. The number of carbonyl (C=O) groups excluding carboxylic acids is 1. The minimum Gasteiger partial charge on any atom is -0.493 e. The number of aromatic nitrogens is 4. The average molecular weight is 393 g/mol. The maximum absolute atomic E-state index is 12.8. The molecule has 150 valence electrons. The molecule has 0 N–H and O–H groups in total. The van der Waals surface area contributed by atoms with Gasteiger partial charge in [0.1, 0.15) is 5.69 Å². The smallest absolute Gasteiger partial charge is 0.257 e. The van der Waals surface area contributed by atoms with Crippen molar-refractivity contribution in [3.05, 3.63) is 60.3 Å². The Morgan fingerprint density at radius 2 is 1.97 bits per heavy atom. The number of aryl methyl sites for hydroxylation is 1. The molecule has 1 aliphatic heterocycles. The van der Waals surface area contributed by atoms with Crippen LogP contribution in [0.2, 0.25) is 0 Å². The summed E-state index contributed by atoms with van der Waals surface area (Å²) in [6.07, 6.45) is 8.41. The Morgan fingerprint density at radius 3 is 2.72 bits per heavy atom. The van der Waals surface area contributed by atoms with Gasteiger partial charge in [-0.05, 0) is 25.0 Å². The van der Waals surface area contributed by atoms with E-state index < -0.39 is 0 Å². The highest BCUT2D eigenvalue weighted by atomic mass is 16.5. The number of para-hydroxylation sites is 2. The van der Waals surface area contributed by atoms with Gasteiger partial charge in [-0.3, -0.25) is 14.5 Å². The Labute approximate surface area is 169 Å². The number of piperidine rings is 1. The van der Waals surface area contributed by atoms with Crippen LogP contribution in [0, 0.1) is 0 Å². The molecule has 8 nitrogen and oxygen atoms in total. The highest BCUT2D eigenvalue weighted by Gasteiger charge is 2.29. The van der Waals surface area contributed by atoms with E-state index in [4.69, 9.17) is 9.47 Å². The van der Waals surface area contributed by atoms with Gasteiger partial charge in [0, 0.05) is 44.6 Å². The normalized spacial score (nSPS) is 16.5. The predicted molar refractivity (Wildman–Crippen MR) is 106 cm³/mol. The van der Waals surface area contributed by atoms with E-state index in [0.717, 1.165) is 18.5 Å². The molecule has 1 saturated heterocycles. The number of nitrogens with zero attached hydrogens (tertiary/aromatic N) is 5. The predicted octanol–water partition coefficient (Wildman–Crippen LogP) is 3.03. The van der Waals surface area contributed by atoms with E-state index in [-0.39, 0.29) is 11.8 Å². The highest BCUT2D eigenvalue weighted by molar-refractivity contribution is 5.93. The van der Waals surface area contributed by atoms with E-state index in [9.17, 15) is 4.79 Å². The minimum atomic E-state index is -0.0149. The number of benzene rings is 1. The van der Waals surface area contributed by atoms with Gasteiger partial charge in [0.2, 0.25) is 5.88 Å². The fourth-order valence-electron chi connectivity index (χ4n) is 3.60. The van der Waals surface area contributed by atoms with Crippen molar-refractivity contribution in [3.8, 4) is 17.4 Å². The van der Waals surface area contributed by atoms with E-state index in [1.54, 1.807) is 43.6 Å². The molecule has 0 radical (unpaired) electrons. The SMILES string of the molecule is COc1ccccc1Oc1nccnc1[C@H]1CCCN(C(=O)c2cnn(C)c2)C1. The molecule has 29 heavy (non-hydrogen) atoms. The largest absolute Gasteiger partial charge is 0.493 e. The molecule has 1 fully saturated rings. The number of methoxy groups -OCH3 is 1. The van der Waals surface area contributed by atoms with Crippen LogP contribution in [-0.4, -0.2) is 50.8 Å². The Balaban J connectivity index is 1.56. The summed E-state index contributed by atoms with van der Waals surface area (Å²) in [5.41, 5.74) is 1.35. The number of ether oxygens (including phenoxy) is 2. The molecule has 3 heterocycles. The van der Waals surface area contributed by atoms with Crippen molar-refractivity contribution in [3.63, 3.8) is 0 Å². The third-order valence-corrected chi connectivity index (χ3v) is 5.01. The van der Waals surface area contributed by atoms with Gasteiger partial charge in [0.15, 0.2) is 11.5 Å². The second kappa shape index (κ2) is 8.30. The molecular weight excluding hydrogens is 370 g/mol. The van der Waals surface area contributed by atoms with Gasteiger partial charge >= 0.3 is 0 Å². The molecule has 0 aliphatic carbocycles. The Kier molecular flexibility index (Phi) is 5.41. The van der Waals surface area contributed by atoms with E-state index in [1.165, 1.54) is 0 Å². The summed E-state index contributed by atoms with van der Waals surface area (Å²) in [6, 6.07) is 7.42. The van der Waals surface area contributed by atoms with Crippen LogP contribution < -0.4 is 9.47 Å². The minimum absolute atomic E-state index is 0.0149. The summed E-state index contributed by atoms with van der Waals surface area (Å²) in [5, 5.41) is 4.10. The van der Waals surface area contributed by atoms with Crippen LogP contribution in [-0.2, 0) is 7.05 Å². The maximum Gasteiger partial charge on any atom is 0.257 e. The summed E-state index contributed by atoms with van der Waals surface area (Å²) in [6.45, 7) is 1.28. The van der Waals surface area contributed by atoms with Gasteiger partial charge in [-0.25, -0.2) is 4.98 Å². The van der Waals surface area contributed by atoms with Crippen LogP contribution in [0.4, 0.5) is 0 Å². The highest BCUT2D eigenvalue weighted by Crippen LogP contribution is 2.35. The first kappa shape index (κ1) is 18.9. The molecule has 0 bridgehead atoms. The molecule has 4 rings (SSSR count). The number of rotatable bonds is 5.